The predicted molar refractivity (Wildman–Crippen MR) is 79.4 cm³/mol. The van der Waals surface area contributed by atoms with E-state index in [1.54, 1.807) is 30.6 Å². The van der Waals surface area contributed by atoms with E-state index in [-0.39, 0.29) is 5.91 Å². The Morgan fingerprint density at radius 2 is 2.20 bits per heavy atom. The third-order valence-electron chi connectivity index (χ3n) is 2.80. The molecule has 20 heavy (non-hydrogen) atoms. The first-order valence-corrected chi connectivity index (χ1v) is 7.03. The van der Waals surface area contributed by atoms with Gasteiger partial charge in [-0.2, -0.15) is 0 Å². The van der Waals surface area contributed by atoms with Gasteiger partial charge in [-0.25, -0.2) is 0 Å². The van der Waals surface area contributed by atoms with Crippen molar-refractivity contribution >= 4 is 44.9 Å². The molecule has 0 aliphatic rings. The van der Waals surface area contributed by atoms with E-state index in [0.29, 0.717) is 21.4 Å². The normalized spacial score (nSPS) is 10.7. The number of carbonyl (C=O) groups excluding carboxylic acids is 1. The summed E-state index contributed by atoms with van der Waals surface area (Å²) < 4.78 is 0. The van der Waals surface area contributed by atoms with Crippen LogP contribution >= 0.6 is 22.9 Å². The molecule has 3 aromatic rings. The van der Waals surface area contributed by atoms with Crippen LogP contribution in [0.5, 0.6) is 0 Å². The topological polar surface area (TPSA) is 67.8 Å². The maximum atomic E-state index is 12.2. The monoisotopic (exact) mass is 304 g/mol. The number of nitrogens with one attached hydrogen (secondary N) is 1. The summed E-state index contributed by atoms with van der Waals surface area (Å²) in [7, 11) is 0. The van der Waals surface area contributed by atoms with Gasteiger partial charge in [0.1, 0.15) is 5.51 Å². The number of fused-ring (bicyclic) bond motifs is 1. The number of amides is 1. The Kier molecular flexibility index (Phi) is 3.33. The second-order valence-corrected chi connectivity index (χ2v) is 5.43. The molecule has 0 saturated carbocycles. The average Bonchev–Trinajstić information content (AvgIpc) is 2.90. The van der Waals surface area contributed by atoms with E-state index in [0.717, 1.165) is 10.9 Å². The van der Waals surface area contributed by atoms with Gasteiger partial charge in [-0.15, -0.1) is 10.2 Å². The molecule has 7 heteroatoms. The van der Waals surface area contributed by atoms with Crippen LogP contribution in [0.2, 0.25) is 5.02 Å². The fourth-order valence-electron chi connectivity index (χ4n) is 1.86. The molecule has 1 amide bonds. The highest BCUT2D eigenvalue weighted by atomic mass is 35.5. The number of aromatic nitrogens is 3. The minimum absolute atomic E-state index is 0.247. The maximum absolute atomic E-state index is 12.2. The van der Waals surface area contributed by atoms with Gasteiger partial charge in [0.15, 0.2) is 0 Å². The Hall–Kier alpha value is -2.05. The zero-order chi connectivity index (χ0) is 14.1. The molecule has 3 rings (SSSR count). The molecule has 1 aromatic carbocycles. The minimum atomic E-state index is -0.247. The van der Waals surface area contributed by atoms with Gasteiger partial charge < -0.3 is 0 Å². The summed E-state index contributed by atoms with van der Waals surface area (Å²) in [6.45, 7) is 1.79. The van der Waals surface area contributed by atoms with E-state index in [2.05, 4.69) is 20.5 Å². The zero-order valence-electron chi connectivity index (χ0n) is 10.4. The first-order chi connectivity index (χ1) is 9.63. The minimum Gasteiger partial charge on any atom is -0.296 e. The molecule has 0 saturated heterocycles. The van der Waals surface area contributed by atoms with Crippen molar-refractivity contribution in [3.8, 4) is 0 Å². The fourth-order valence-corrected chi connectivity index (χ4v) is 2.46. The van der Waals surface area contributed by atoms with Crippen LogP contribution in [0.1, 0.15) is 16.1 Å². The molecular formula is C13H9ClN4OS. The molecular weight excluding hydrogens is 296 g/mol. The van der Waals surface area contributed by atoms with Crippen LogP contribution in [0, 0.1) is 6.92 Å². The Morgan fingerprint density at radius 1 is 1.35 bits per heavy atom. The van der Waals surface area contributed by atoms with Crippen molar-refractivity contribution in [3.05, 3.63) is 46.1 Å². The predicted octanol–water partition coefficient (Wildman–Crippen LogP) is 3.30. The van der Waals surface area contributed by atoms with Crippen molar-refractivity contribution in [1.82, 2.24) is 15.2 Å². The third kappa shape index (κ3) is 2.48. The number of nitrogens with zero attached hydrogens (tertiary/aromatic N) is 3. The number of benzene rings is 1. The van der Waals surface area contributed by atoms with Crippen LogP contribution in [0.4, 0.5) is 5.13 Å². The Morgan fingerprint density at radius 3 is 2.95 bits per heavy atom. The molecule has 0 unspecified atom stereocenters. The summed E-state index contributed by atoms with van der Waals surface area (Å²) in [5.74, 6) is -0.247. The Balaban J connectivity index is 2.00. The number of anilines is 1. The highest BCUT2D eigenvalue weighted by Crippen LogP contribution is 2.21. The number of rotatable bonds is 2. The van der Waals surface area contributed by atoms with Crippen LogP contribution in [0.3, 0.4) is 0 Å². The second-order valence-electron chi connectivity index (χ2n) is 4.16. The largest absolute Gasteiger partial charge is 0.296 e. The first kappa shape index (κ1) is 13.0. The molecule has 5 nitrogen and oxygen atoms in total. The van der Waals surface area contributed by atoms with E-state index in [4.69, 9.17) is 11.6 Å². The van der Waals surface area contributed by atoms with Crippen LogP contribution < -0.4 is 5.32 Å². The van der Waals surface area contributed by atoms with Gasteiger partial charge >= 0.3 is 0 Å². The van der Waals surface area contributed by atoms with Gasteiger partial charge in [0, 0.05) is 10.4 Å². The highest BCUT2D eigenvalue weighted by Gasteiger charge is 2.13. The Bertz CT molecular complexity index is 788. The quantitative estimate of drug-likeness (QED) is 0.788. The van der Waals surface area contributed by atoms with Gasteiger partial charge in [-0.3, -0.25) is 15.1 Å². The smallest absolute Gasteiger partial charge is 0.259 e. The van der Waals surface area contributed by atoms with Crippen molar-refractivity contribution in [3.63, 3.8) is 0 Å². The molecule has 100 valence electrons. The molecule has 0 radical (unpaired) electrons. The molecule has 0 aliphatic heterocycles. The molecule has 2 heterocycles. The Labute approximate surface area is 123 Å². The van der Waals surface area contributed by atoms with E-state index in [1.807, 2.05) is 6.07 Å². The summed E-state index contributed by atoms with van der Waals surface area (Å²) in [6.07, 6.45) is 0. The third-order valence-corrected chi connectivity index (χ3v) is 3.64. The molecule has 1 N–H and O–H groups in total. The second kappa shape index (κ2) is 5.15. The summed E-state index contributed by atoms with van der Waals surface area (Å²) >= 11 is 7.20. The molecule has 0 spiro atoms. The summed E-state index contributed by atoms with van der Waals surface area (Å²) in [5, 5.41) is 12.1. The van der Waals surface area contributed by atoms with E-state index < -0.39 is 0 Å². The standard InChI is InChI=1S/C13H9ClN4OS/c1-7-10(12(19)17-13-18-15-6-20-13)4-8-2-3-9(14)5-11(8)16-7/h2-6H,1H3,(H,17,18,19). The van der Waals surface area contributed by atoms with Crippen molar-refractivity contribution in [2.24, 2.45) is 0 Å². The summed E-state index contributed by atoms with van der Waals surface area (Å²) in [6, 6.07) is 7.18. The lowest BCUT2D eigenvalue weighted by Crippen LogP contribution is -2.14. The number of halogens is 1. The van der Waals surface area contributed by atoms with Crippen molar-refractivity contribution in [1.29, 1.82) is 0 Å². The van der Waals surface area contributed by atoms with E-state index in [9.17, 15) is 4.79 Å². The number of hydrogen-bond donors (Lipinski definition) is 1. The van der Waals surface area contributed by atoms with Gasteiger partial charge in [0.25, 0.3) is 5.91 Å². The van der Waals surface area contributed by atoms with E-state index >= 15 is 0 Å². The molecule has 2 aromatic heterocycles. The van der Waals surface area contributed by atoms with Crippen LogP contribution in [-0.4, -0.2) is 21.1 Å². The van der Waals surface area contributed by atoms with Gasteiger partial charge in [0.05, 0.1) is 16.8 Å². The average molecular weight is 305 g/mol. The lowest BCUT2D eigenvalue weighted by Gasteiger charge is -2.07. The number of pyridine rings is 1. The van der Waals surface area contributed by atoms with E-state index in [1.165, 1.54) is 11.3 Å². The van der Waals surface area contributed by atoms with Crippen LogP contribution in [-0.2, 0) is 0 Å². The lowest BCUT2D eigenvalue weighted by molar-refractivity contribution is 0.102. The summed E-state index contributed by atoms with van der Waals surface area (Å²) in [4.78, 5) is 16.6. The van der Waals surface area contributed by atoms with Crippen molar-refractivity contribution < 1.29 is 4.79 Å². The SMILES string of the molecule is Cc1nc2cc(Cl)ccc2cc1C(=O)Nc1nncs1. The number of carbonyl (C=O) groups is 1. The molecule has 0 bridgehead atoms. The molecule has 0 fully saturated rings. The van der Waals surface area contributed by atoms with Crippen molar-refractivity contribution in [2.45, 2.75) is 6.92 Å². The van der Waals surface area contributed by atoms with Gasteiger partial charge in [-0.1, -0.05) is 29.0 Å². The number of aryl methyl sites for hydroxylation is 1. The maximum Gasteiger partial charge on any atom is 0.259 e. The zero-order valence-corrected chi connectivity index (χ0v) is 12.0. The lowest BCUT2D eigenvalue weighted by atomic mass is 10.1. The van der Waals surface area contributed by atoms with Crippen LogP contribution in [0.15, 0.2) is 29.8 Å². The van der Waals surface area contributed by atoms with Crippen LogP contribution in [0.25, 0.3) is 10.9 Å². The highest BCUT2D eigenvalue weighted by molar-refractivity contribution is 7.13. The summed E-state index contributed by atoms with van der Waals surface area (Å²) in [5.41, 5.74) is 3.47. The number of hydrogen-bond acceptors (Lipinski definition) is 5. The molecule has 0 atom stereocenters. The molecule has 0 aliphatic carbocycles. The first-order valence-electron chi connectivity index (χ1n) is 5.78. The van der Waals surface area contributed by atoms with Crippen molar-refractivity contribution in [2.75, 3.05) is 5.32 Å². The van der Waals surface area contributed by atoms with Gasteiger partial charge in [0.2, 0.25) is 5.13 Å². The van der Waals surface area contributed by atoms with Gasteiger partial charge in [-0.05, 0) is 25.1 Å². The fraction of sp³-hybridized carbons (Fsp3) is 0.0769.